The third kappa shape index (κ3) is 3.95. The summed E-state index contributed by atoms with van der Waals surface area (Å²) in [6.45, 7) is 3.45. The van der Waals surface area contributed by atoms with E-state index in [-0.39, 0.29) is 11.7 Å². The van der Waals surface area contributed by atoms with Crippen molar-refractivity contribution in [1.82, 2.24) is 14.1 Å². The topological polar surface area (TPSA) is 77.9 Å². The summed E-state index contributed by atoms with van der Waals surface area (Å²) in [5.41, 5.74) is 11.2. The minimum absolute atomic E-state index is 0.177. The number of fused-ring (bicyclic) bond motifs is 2. The van der Waals surface area contributed by atoms with E-state index < -0.39 is 0 Å². The minimum Gasteiger partial charge on any atom is -0.347 e. The van der Waals surface area contributed by atoms with E-state index >= 15 is 0 Å². The van der Waals surface area contributed by atoms with Crippen LogP contribution in [0.25, 0.3) is 33.3 Å². The number of aryl methyl sites for hydroxylation is 3. The highest BCUT2D eigenvalue weighted by molar-refractivity contribution is 6.06. The Morgan fingerprint density at radius 2 is 1.88 bits per heavy atom. The molecule has 5 aromatic rings. The van der Waals surface area contributed by atoms with Crippen LogP contribution in [0.5, 0.6) is 0 Å². The van der Waals surface area contributed by atoms with Crippen LogP contribution >= 0.6 is 0 Å². The van der Waals surface area contributed by atoms with Crippen molar-refractivity contribution in [3.05, 3.63) is 83.8 Å². The number of anilines is 1. The van der Waals surface area contributed by atoms with Crippen molar-refractivity contribution >= 4 is 33.5 Å². The van der Waals surface area contributed by atoms with E-state index in [1.807, 2.05) is 67.2 Å². The summed E-state index contributed by atoms with van der Waals surface area (Å²) in [6.07, 6.45) is 2.93. The molecule has 0 saturated heterocycles. The van der Waals surface area contributed by atoms with Crippen molar-refractivity contribution < 1.29 is 9.18 Å². The molecule has 0 unspecified atom stereocenters. The zero-order chi connectivity index (χ0) is 23.8. The number of benzene rings is 3. The summed E-state index contributed by atoms with van der Waals surface area (Å²) >= 11 is 0. The van der Waals surface area contributed by atoms with Gasteiger partial charge in [-0.15, -0.1) is 0 Å². The molecule has 0 bridgehead atoms. The van der Waals surface area contributed by atoms with E-state index in [1.165, 1.54) is 12.1 Å². The van der Waals surface area contributed by atoms with Gasteiger partial charge in [0.25, 0.3) is 5.91 Å². The van der Waals surface area contributed by atoms with Gasteiger partial charge in [-0.1, -0.05) is 12.1 Å². The van der Waals surface area contributed by atoms with Crippen molar-refractivity contribution in [3.8, 4) is 11.4 Å². The first kappa shape index (κ1) is 21.9. The van der Waals surface area contributed by atoms with Crippen LogP contribution in [0, 0.1) is 12.7 Å². The number of nitrogens with zero attached hydrogens (tertiary/aromatic N) is 3. The molecule has 0 aliphatic heterocycles. The van der Waals surface area contributed by atoms with Crippen LogP contribution in [-0.4, -0.2) is 26.6 Å². The van der Waals surface area contributed by atoms with Crippen molar-refractivity contribution in [2.45, 2.75) is 19.9 Å². The molecule has 7 heteroatoms. The van der Waals surface area contributed by atoms with Gasteiger partial charge in [-0.25, -0.2) is 9.37 Å². The van der Waals surface area contributed by atoms with Crippen LogP contribution in [-0.2, 0) is 13.6 Å². The number of nitrogens with two attached hydrogens (primary N) is 1. The number of hydrogen-bond donors (Lipinski definition) is 2. The zero-order valence-electron chi connectivity index (χ0n) is 19.2. The van der Waals surface area contributed by atoms with Gasteiger partial charge in [0.2, 0.25) is 0 Å². The third-order valence-electron chi connectivity index (χ3n) is 6.22. The zero-order valence-corrected chi connectivity index (χ0v) is 19.2. The SMILES string of the molecule is Cc1ccc(-c2nc3cc(F)ccc3n2C)cc1NC(=O)c1ccc2c(ccn2CCCN)c1. The Bertz CT molecular complexity index is 1530. The van der Waals surface area contributed by atoms with Crippen molar-refractivity contribution in [2.75, 3.05) is 11.9 Å². The summed E-state index contributed by atoms with van der Waals surface area (Å²) < 4.78 is 17.7. The number of nitrogens with one attached hydrogen (secondary N) is 1. The number of aromatic nitrogens is 3. The molecule has 3 N–H and O–H groups in total. The predicted molar refractivity (Wildman–Crippen MR) is 134 cm³/mol. The Kier molecular flexibility index (Phi) is 5.63. The van der Waals surface area contributed by atoms with Gasteiger partial charge in [-0.05, 0) is 67.9 Å². The Morgan fingerprint density at radius 1 is 1.06 bits per heavy atom. The minimum atomic E-state index is -0.319. The molecule has 2 heterocycles. The molecule has 0 fully saturated rings. The number of rotatable bonds is 6. The molecular formula is C27H26FN5O. The second-order valence-electron chi connectivity index (χ2n) is 8.54. The van der Waals surface area contributed by atoms with Gasteiger partial charge >= 0.3 is 0 Å². The van der Waals surface area contributed by atoms with E-state index in [1.54, 1.807) is 6.07 Å². The van der Waals surface area contributed by atoms with Crippen LogP contribution in [0.2, 0.25) is 0 Å². The Labute approximate surface area is 196 Å². The average molecular weight is 456 g/mol. The lowest BCUT2D eigenvalue weighted by molar-refractivity contribution is 0.102. The molecule has 0 spiro atoms. The van der Waals surface area contributed by atoms with Gasteiger partial charge in [0.15, 0.2) is 0 Å². The molecule has 0 aliphatic rings. The van der Waals surface area contributed by atoms with Crippen LogP contribution in [0.3, 0.4) is 0 Å². The first-order chi connectivity index (χ1) is 16.4. The van der Waals surface area contributed by atoms with Crippen LogP contribution in [0.15, 0.2) is 66.9 Å². The molecule has 0 aliphatic carbocycles. The van der Waals surface area contributed by atoms with Crippen LogP contribution in [0.4, 0.5) is 10.1 Å². The van der Waals surface area contributed by atoms with Crippen molar-refractivity contribution in [2.24, 2.45) is 12.8 Å². The van der Waals surface area contributed by atoms with Gasteiger partial charge in [-0.3, -0.25) is 4.79 Å². The normalized spacial score (nSPS) is 11.4. The molecule has 0 radical (unpaired) electrons. The Morgan fingerprint density at radius 3 is 2.71 bits per heavy atom. The fourth-order valence-electron chi connectivity index (χ4n) is 4.32. The first-order valence-corrected chi connectivity index (χ1v) is 11.3. The molecule has 5 rings (SSSR count). The van der Waals surface area contributed by atoms with Gasteiger partial charge in [0.05, 0.1) is 11.0 Å². The maximum Gasteiger partial charge on any atom is 0.255 e. The largest absolute Gasteiger partial charge is 0.347 e. The number of halogens is 1. The number of amides is 1. The molecule has 1 amide bonds. The highest BCUT2D eigenvalue weighted by Gasteiger charge is 2.14. The van der Waals surface area contributed by atoms with Crippen LogP contribution in [0.1, 0.15) is 22.3 Å². The van der Waals surface area contributed by atoms with Gasteiger partial charge < -0.3 is 20.2 Å². The fraction of sp³-hybridized carbons (Fsp3) is 0.185. The van der Waals surface area contributed by atoms with Crippen LogP contribution < -0.4 is 11.1 Å². The summed E-state index contributed by atoms with van der Waals surface area (Å²) in [5.74, 6) is 0.209. The Hall–Kier alpha value is -3.97. The molecule has 34 heavy (non-hydrogen) atoms. The van der Waals surface area contributed by atoms with Crippen molar-refractivity contribution in [3.63, 3.8) is 0 Å². The van der Waals surface area contributed by atoms with E-state index in [4.69, 9.17) is 5.73 Å². The molecule has 2 aromatic heterocycles. The van der Waals surface area contributed by atoms with E-state index in [2.05, 4.69) is 14.9 Å². The monoisotopic (exact) mass is 455 g/mol. The predicted octanol–water partition coefficient (Wildman–Crippen LogP) is 5.24. The second-order valence-corrected chi connectivity index (χ2v) is 8.54. The van der Waals surface area contributed by atoms with Gasteiger partial charge in [0.1, 0.15) is 11.6 Å². The summed E-state index contributed by atoms with van der Waals surface area (Å²) in [7, 11) is 1.90. The number of hydrogen-bond acceptors (Lipinski definition) is 3. The number of imidazole rings is 1. The smallest absolute Gasteiger partial charge is 0.255 e. The van der Waals surface area contributed by atoms with E-state index in [9.17, 15) is 9.18 Å². The maximum atomic E-state index is 13.7. The molecule has 6 nitrogen and oxygen atoms in total. The highest BCUT2D eigenvalue weighted by atomic mass is 19.1. The average Bonchev–Trinajstić information content (AvgIpc) is 3.39. The lowest BCUT2D eigenvalue weighted by Crippen LogP contribution is -2.13. The second kappa shape index (κ2) is 8.76. The number of carbonyl (C=O) groups excluding carboxylic acids is 1. The first-order valence-electron chi connectivity index (χ1n) is 11.3. The highest BCUT2D eigenvalue weighted by Crippen LogP contribution is 2.28. The summed E-state index contributed by atoms with van der Waals surface area (Å²) in [6, 6.07) is 18.1. The quantitative estimate of drug-likeness (QED) is 0.367. The Balaban J connectivity index is 1.43. The van der Waals surface area contributed by atoms with E-state index in [0.717, 1.165) is 40.5 Å². The van der Waals surface area contributed by atoms with E-state index in [0.29, 0.717) is 29.1 Å². The molecule has 0 saturated carbocycles. The third-order valence-corrected chi connectivity index (χ3v) is 6.22. The fourth-order valence-corrected chi connectivity index (χ4v) is 4.32. The summed E-state index contributed by atoms with van der Waals surface area (Å²) in [5, 5.41) is 4.06. The van der Waals surface area contributed by atoms with Crippen molar-refractivity contribution in [1.29, 1.82) is 0 Å². The molecular weight excluding hydrogens is 429 g/mol. The van der Waals surface area contributed by atoms with Gasteiger partial charge in [-0.2, -0.15) is 0 Å². The lowest BCUT2D eigenvalue weighted by Gasteiger charge is -2.11. The molecule has 172 valence electrons. The summed E-state index contributed by atoms with van der Waals surface area (Å²) in [4.78, 5) is 17.7. The maximum absolute atomic E-state index is 13.7. The van der Waals surface area contributed by atoms with Gasteiger partial charge in [0, 0.05) is 53.6 Å². The standard InChI is InChI=1S/C27H26FN5O/c1-17-4-5-19(26-30-23-16-21(28)7-9-25(23)32(26)2)15-22(17)31-27(34)20-6-8-24-18(14-20)10-13-33(24)12-3-11-29/h4-10,13-16H,3,11-12,29H2,1-2H3,(H,31,34). The molecule has 0 atom stereocenters. The molecule has 3 aromatic carbocycles. The number of carbonyl (C=O) groups is 1. The lowest BCUT2D eigenvalue weighted by atomic mass is 10.1.